The number of benzene rings is 2. The summed E-state index contributed by atoms with van der Waals surface area (Å²) in [6.45, 7) is 9.01. The molecule has 0 radical (unpaired) electrons. The second-order valence-corrected chi connectivity index (χ2v) is 12.8. The van der Waals surface area contributed by atoms with Crippen LogP contribution < -0.4 is 4.90 Å². The summed E-state index contributed by atoms with van der Waals surface area (Å²) in [5.41, 5.74) is -1.68. The van der Waals surface area contributed by atoms with Crippen molar-refractivity contribution in [3.8, 4) is 0 Å². The van der Waals surface area contributed by atoms with E-state index in [0.29, 0.717) is 26.1 Å². The van der Waals surface area contributed by atoms with Crippen molar-refractivity contribution in [2.75, 3.05) is 31.1 Å². The van der Waals surface area contributed by atoms with Crippen molar-refractivity contribution in [1.29, 1.82) is 0 Å². The second kappa shape index (κ2) is 10.7. The molecule has 2 aromatic carbocycles. The third-order valence-electron chi connectivity index (χ3n) is 9.46. The normalized spacial score (nSPS) is 31.4. The van der Waals surface area contributed by atoms with Crippen LogP contribution in [0.25, 0.3) is 10.8 Å². The summed E-state index contributed by atoms with van der Waals surface area (Å²) in [5, 5.41) is 12.7. The quantitative estimate of drug-likeness (QED) is 0.509. The Hall–Kier alpha value is -3.49. The number of anilines is 1. The smallest absolute Gasteiger partial charge is 0.253 e. The number of carbonyl (C=O) groups is 3. The van der Waals surface area contributed by atoms with Crippen molar-refractivity contribution in [1.82, 2.24) is 9.80 Å². The van der Waals surface area contributed by atoms with Crippen LogP contribution in [-0.2, 0) is 19.1 Å². The van der Waals surface area contributed by atoms with Crippen LogP contribution in [0, 0.1) is 17.8 Å². The maximum absolute atomic E-state index is 14.8. The first kappa shape index (κ1) is 28.6. The average molecular weight is 572 g/mol. The number of carbonyl (C=O) groups excluding carboxylic acids is 3. The monoisotopic (exact) mass is 571 g/mol. The molecule has 0 bridgehead atoms. The number of rotatable bonds is 7. The molecule has 4 aliphatic rings. The van der Waals surface area contributed by atoms with Crippen LogP contribution in [0.2, 0.25) is 0 Å². The van der Waals surface area contributed by atoms with Gasteiger partial charge >= 0.3 is 0 Å². The standard InChI is InChI=1S/C34H41N3O5/c1-5-16-35-17-8-14-33(4)27(30(35)39)28-31(40)37(26(21-38)19-22(2)3)29-32(41)36(18-9-15-34(28,29)42-33)25-13-12-23-10-6-7-11-24(23)20-25/h6-15,20,22,26-29,38H,5,16-19,21H2,1-4H3/t26-,27+,28+,29?,33-,34+/m1/s1. The molecular weight excluding hydrogens is 530 g/mol. The van der Waals surface area contributed by atoms with E-state index in [1.165, 1.54) is 0 Å². The third-order valence-corrected chi connectivity index (χ3v) is 9.46. The van der Waals surface area contributed by atoms with Crippen molar-refractivity contribution in [3.63, 3.8) is 0 Å². The Bertz CT molecular complexity index is 1470. The lowest BCUT2D eigenvalue weighted by molar-refractivity contribution is -0.151. The predicted octanol–water partition coefficient (Wildman–Crippen LogP) is 3.93. The summed E-state index contributed by atoms with van der Waals surface area (Å²) in [6, 6.07) is 12.3. The average Bonchev–Trinajstić information content (AvgIpc) is 3.24. The maximum Gasteiger partial charge on any atom is 0.253 e. The summed E-state index contributed by atoms with van der Waals surface area (Å²) < 4.78 is 6.94. The Morgan fingerprint density at radius 2 is 1.69 bits per heavy atom. The van der Waals surface area contributed by atoms with E-state index in [9.17, 15) is 19.5 Å². The number of hydrogen-bond acceptors (Lipinski definition) is 5. The highest BCUT2D eigenvalue weighted by Gasteiger charge is 2.75. The molecule has 0 saturated carbocycles. The van der Waals surface area contributed by atoms with Crippen molar-refractivity contribution < 1.29 is 24.2 Å². The highest BCUT2D eigenvalue weighted by Crippen LogP contribution is 2.58. The maximum atomic E-state index is 14.8. The predicted molar refractivity (Wildman–Crippen MR) is 162 cm³/mol. The molecule has 1 spiro atoms. The molecule has 0 aliphatic carbocycles. The van der Waals surface area contributed by atoms with E-state index in [1.807, 2.05) is 94.5 Å². The van der Waals surface area contributed by atoms with Crippen LogP contribution in [-0.4, -0.2) is 82.2 Å². The zero-order valence-corrected chi connectivity index (χ0v) is 24.9. The van der Waals surface area contributed by atoms with E-state index >= 15 is 0 Å². The van der Waals surface area contributed by atoms with Crippen molar-refractivity contribution in [2.45, 2.75) is 63.8 Å². The van der Waals surface area contributed by atoms with Gasteiger partial charge in [-0.15, -0.1) is 0 Å². The SMILES string of the molecule is CCCN1CC=C[C@@]2(C)O[C@]34C=CCN(c5ccc6ccccc6c5)C(=O)C3N([C@@H](CO)CC(C)C)C(=O)[C@@H]4[C@H]2C1=O. The summed E-state index contributed by atoms with van der Waals surface area (Å²) in [4.78, 5) is 48.7. The Labute approximate surface area is 247 Å². The number of aliphatic hydroxyl groups is 1. The first-order valence-corrected chi connectivity index (χ1v) is 15.2. The molecule has 8 nitrogen and oxygen atoms in total. The minimum Gasteiger partial charge on any atom is -0.394 e. The molecule has 1 unspecified atom stereocenters. The van der Waals surface area contributed by atoms with Gasteiger partial charge in [0, 0.05) is 25.3 Å². The third kappa shape index (κ3) is 4.30. The molecule has 42 heavy (non-hydrogen) atoms. The minimum atomic E-state index is -1.35. The van der Waals surface area contributed by atoms with Crippen LogP contribution in [0.3, 0.4) is 0 Å². The molecule has 4 heterocycles. The number of aliphatic hydroxyl groups excluding tert-OH is 1. The number of ether oxygens (including phenoxy) is 1. The molecule has 1 N–H and O–H groups in total. The fraction of sp³-hybridized carbons (Fsp3) is 0.500. The molecule has 6 rings (SSSR count). The lowest BCUT2D eigenvalue weighted by atomic mass is 9.74. The van der Waals surface area contributed by atoms with E-state index in [-0.39, 0.29) is 30.2 Å². The molecule has 4 aliphatic heterocycles. The van der Waals surface area contributed by atoms with Gasteiger partial charge in [-0.25, -0.2) is 0 Å². The van der Waals surface area contributed by atoms with Crippen molar-refractivity contribution in [3.05, 3.63) is 66.8 Å². The molecular formula is C34H41N3O5. The van der Waals surface area contributed by atoms with Crippen molar-refractivity contribution in [2.24, 2.45) is 17.8 Å². The largest absolute Gasteiger partial charge is 0.394 e. The molecule has 2 fully saturated rings. The first-order valence-electron chi connectivity index (χ1n) is 15.2. The highest BCUT2D eigenvalue weighted by molar-refractivity contribution is 6.07. The number of fused-ring (bicyclic) bond motifs is 3. The number of hydrogen-bond donors (Lipinski definition) is 1. The molecule has 222 valence electrons. The number of amides is 3. The summed E-state index contributed by atoms with van der Waals surface area (Å²) >= 11 is 0. The van der Waals surface area contributed by atoms with E-state index in [2.05, 4.69) is 0 Å². The fourth-order valence-corrected chi connectivity index (χ4v) is 7.77. The van der Waals surface area contributed by atoms with Crippen LogP contribution in [0.4, 0.5) is 5.69 Å². The van der Waals surface area contributed by atoms with Gasteiger partial charge in [-0.2, -0.15) is 0 Å². The van der Waals surface area contributed by atoms with Crippen LogP contribution in [0.15, 0.2) is 66.8 Å². The lowest BCUT2D eigenvalue weighted by Gasteiger charge is -2.40. The number of likely N-dealkylation sites (tertiary alicyclic amines) is 1. The highest BCUT2D eigenvalue weighted by atomic mass is 16.5. The molecule has 0 aromatic heterocycles. The van der Waals surface area contributed by atoms with Gasteiger partial charge in [0.25, 0.3) is 5.91 Å². The second-order valence-electron chi connectivity index (χ2n) is 12.8. The fourth-order valence-electron chi connectivity index (χ4n) is 7.77. The van der Waals surface area contributed by atoms with Crippen LogP contribution in [0.5, 0.6) is 0 Å². The van der Waals surface area contributed by atoms with E-state index < -0.39 is 35.1 Å². The topological polar surface area (TPSA) is 90.4 Å². The van der Waals surface area contributed by atoms with Gasteiger partial charge in [0.1, 0.15) is 11.6 Å². The Morgan fingerprint density at radius 3 is 2.40 bits per heavy atom. The van der Waals surface area contributed by atoms with E-state index in [0.717, 1.165) is 22.9 Å². The van der Waals surface area contributed by atoms with Gasteiger partial charge in [-0.3, -0.25) is 14.4 Å². The number of nitrogens with zero attached hydrogens (tertiary/aromatic N) is 3. The van der Waals surface area contributed by atoms with Crippen LogP contribution in [0.1, 0.15) is 40.5 Å². The van der Waals surface area contributed by atoms with Gasteiger partial charge in [0.2, 0.25) is 11.8 Å². The molecule has 2 aromatic rings. The molecule has 2 saturated heterocycles. The van der Waals surface area contributed by atoms with Gasteiger partial charge in [0.15, 0.2) is 0 Å². The molecule has 8 heteroatoms. The first-order chi connectivity index (χ1) is 20.1. The van der Waals surface area contributed by atoms with Gasteiger partial charge < -0.3 is 24.5 Å². The Morgan fingerprint density at radius 1 is 0.952 bits per heavy atom. The Kier molecular flexibility index (Phi) is 7.26. The van der Waals surface area contributed by atoms with E-state index in [1.54, 1.807) is 14.7 Å². The Balaban J connectivity index is 1.50. The van der Waals surface area contributed by atoms with Gasteiger partial charge in [-0.1, -0.05) is 75.4 Å². The summed E-state index contributed by atoms with van der Waals surface area (Å²) in [7, 11) is 0. The zero-order valence-electron chi connectivity index (χ0n) is 24.9. The summed E-state index contributed by atoms with van der Waals surface area (Å²) in [5.74, 6) is -2.19. The lowest BCUT2D eigenvalue weighted by Crippen LogP contribution is -2.59. The van der Waals surface area contributed by atoms with Crippen LogP contribution >= 0.6 is 0 Å². The molecule has 3 amide bonds. The zero-order chi connectivity index (χ0) is 29.8. The molecule has 6 atom stereocenters. The van der Waals surface area contributed by atoms with Crippen molar-refractivity contribution >= 4 is 34.2 Å². The minimum absolute atomic E-state index is 0.124. The van der Waals surface area contributed by atoms with E-state index in [4.69, 9.17) is 4.74 Å². The van der Waals surface area contributed by atoms with Gasteiger partial charge in [-0.05, 0) is 48.6 Å². The van der Waals surface area contributed by atoms with Gasteiger partial charge in [0.05, 0.1) is 30.1 Å². The summed E-state index contributed by atoms with van der Waals surface area (Å²) in [6.07, 6.45) is 8.94.